The van der Waals surface area contributed by atoms with E-state index in [1.165, 1.54) is 26.0 Å². The van der Waals surface area contributed by atoms with Crippen molar-refractivity contribution in [1.29, 1.82) is 0 Å². The van der Waals surface area contributed by atoms with Crippen molar-refractivity contribution in [2.24, 2.45) is 0 Å². The zero-order chi connectivity index (χ0) is 22.4. The first-order valence-corrected chi connectivity index (χ1v) is 10.9. The summed E-state index contributed by atoms with van der Waals surface area (Å²) in [5.41, 5.74) is 1.39. The van der Waals surface area contributed by atoms with Crippen molar-refractivity contribution in [1.82, 2.24) is 0 Å². The SMILES string of the molecule is COc1cccc(OC)c1C(=O)Nc1cccc(SCC(=O)c2ccc(Cl)c(Cl)c2)c1. The van der Waals surface area contributed by atoms with Crippen molar-refractivity contribution in [2.75, 3.05) is 25.3 Å². The monoisotopic (exact) mass is 475 g/mol. The molecule has 1 amide bonds. The van der Waals surface area contributed by atoms with Crippen LogP contribution in [0.15, 0.2) is 65.6 Å². The second-order valence-electron chi connectivity index (χ2n) is 6.36. The molecule has 3 aromatic carbocycles. The molecule has 8 heteroatoms. The Morgan fingerprint density at radius 3 is 2.23 bits per heavy atom. The van der Waals surface area contributed by atoms with Gasteiger partial charge in [0.15, 0.2) is 5.78 Å². The van der Waals surface area contributed by atoms with Crippen molar-refractivity contribution < 1.29 is 19.1 Å². The Balaban J connectivity index is 1.70. The molecule has 3 rings (SSSR count). The number of Topliss-reactive ketones (excluding diaryl/α,β-unsaturated/α-hetero) is 1. The zero-order valence-electron chi connectivity index (χ0n) is 16.8. The third-order valence-electron chi connectivity index (χ3n) is 4.36. The summed E-state index contributed by atoms with van der Waals surface area (Å²) in [5.74, 6) is 0.611. The van der Waals surface area contributed by atoms with Crippen LogP contribution in [0.5, 0.6) is 11.5 Å². The minimum atomic E-state index is -0.358. The number of nitrogens with one attached hydrogen (secondary N) is 1. The Hall–Kier alpha value is -2.67. The molecule has 0 saturated heterocycles. The van der Waals surface area contributed by atoms with Gasteiger partial charge in [-0.3, -0.25) is 9.59 Å². The number of carbonyl (C=O) groups excluding carboxylic acids is 2. The van der Waals surface area contributed by atoms with Crippen LogP contribution >= 0.6 is 35.0 Å². The molecule has 160 valence electrons. The van der Waals surface area contributed by atoms with E-state index in [9.17, 15) is 9.59 Å². The van der Waals surface area contributed by atoms with E-state index in [-0.39, 0.29) is 17.4 Å². The molecule has 31 heavy (non-hydrogen) atoms. The van der Waals surface area contributed by atoms with Gasteiger partial charge in [0, 0.05) is 16.1 Å². The largest absolute Gasteiger partial charge is 0.496 e. The molecule has 0 aliphatic heterocycles. The van der Waals surface area contributed by atoms with Gasteiger partial charge in [-0.2, -0.15) is 0 Å². The smallest absolute Gasteiger partial charge is 0.263 e. The number of halogens is 2. The molecular weight excluding hydrogens is 457 g/mol. The lowest BCUT2D eigenvalue weighted by Crippen LogP contribution is -2.14. The molecule has 0 fully saturated rings. The predicted octanol–water partition coefficient (Wildman–Crippen LogP) is 6.24. The third-order valence-corrected chi connectivity index (χ3v) is 6.09. The van der Waals surface area contributed by atoms with Crippen LogP contribution in [0.1, 0.15) is 20.7 Å². The summed E-state index contributed by atoms with van der Waals surface area (Å²) < 4.78 is 10.6. The number of ketones is 1. The number of carbonyl (C=O) groups is 2. The van der Waals surface area contributed by atoms with Crippen molar-refractivity contribution in [3.63, 3.8) is 0 Å². The molecule has 3 aromatic rings. The molecule has 0 radical (unpaired) electrons. The molecule has 0 bridgehead atoms. The fourth-order valence-corrected chi connectivity index (χ4v) is 3.98. The maximum Gasteiger partial charge on any atom is 0.263 e. The molecule has 0 aliphatic rings. The highest BCUT2D eigenvalue weighted by molar-refractivity contribution is 8.00. The van der Waals surface area contributed by atoms with Gasteiger partial charge in [-0.25, -0.2) is 0 Å². The molecule has 0 unspecified atom stereocenters. The van der Waals surface area contributed by atoms with Crippen LogP contribution in [-0.4, -0.2) is 31.7 Å². The quantitative estimate of drug-likeness (QED) is 0.308. The standard InChI is InChI=1S/C23H19Cl2NO4S/c1-29-20-7-4-8-21(30-2)22(20)23(28)26-15-5-3-6-16(12-15)31-13-19(27)14-9-10-17(24)18(25)11-14/h3-12H,13H2,1-2H3,(H,26,28). The van der Waals surface area contributed by atoms with Crippen LogP contribution in [0.4, 0.5) is 5.69 Å². The number of anilines is 1. The Labute approximate surface area is 194 Å². The lowest BCUT2D eigenvalue weighted by molar-refractivity contribution is 0.101. The summed E-state index contributed by atoms with van der Waals surface area (Å²) in [6.07, 6.45) is 0. The van der Waals surface area contributed by atoms with Crippen molar-refractivity contribution in [3.8, 4) is 11.5 Å². The number of methoxy groups -OCH3 is 2. The van der Waals surface area contributed by atoms with Gasteiger partial charge in [-0.15, -0.1) is 11.8 Å². The summed E-state index contributed by atoms with van der Waals surface area (Å²) in [4.78, 5) is 26.1. The summed E-state index contributed by atoms with van der Waals surface area (Å²) in [6.45, 7) is 0. The van der Waals surface area contributed by atoms with Gasteiger partial charge in [0.1, 0.15) is 17.1 Å². The van der Waals surface area contributed by atoms with Crippen molar-refractivity contribution in [2.45, 2.75) is 4.90 Å². The highest BCUT2D eigenvalue weighted by atomic mass is 35.5. The van der Waals surface area contributed by atoms with Crippen LogP contribution in [0.2, 0.25) is 10.0 Å². The fourth-order valence-electron chi connectivity index (χ4n) is 2.83. The molecule has 0 aromatic heterocycles. The second-order valence-corrected chi connectivity index (χ2v) is 8.22. The summed E-state index contributed by atoms with van der Waals surface area (Å²) >= 11 is 13.2. The van der Waals surface area contributed by atoms with Crippen molar-refractivity contribution >= 4 is 52.3 Å². The van der Waals surface area contributed by atoms with Gasteiger partial charge >= 0.3 is 0 Å². The van der Waals surface area contributed by atoms with Gasteiger partial charge in [-0.05, 0) is 48.5 Å². The first-order valence-electron chi connectivity index (χ1n) is 9.16. The average Bonchev–Trinajstić information content (AvgIpc) is 2.78. The molecule has 1 N–H and O–H groups in total. The van der Waals surface area contributed by atoms with Crippen LogP contribution in [-0.2, 0) is 0 Å². The van der Waals surface area contributed by atoms with E-state index in [0.717, 1.165) is 4.90 Å². The van der Waals surface area contributed by atoms with Crippen LogP contribution in [0.3, 0.4) is 0 Å². The number of ether oxygens (including phenoxy) is 2. The first kappa shape index (κ1) is 23.0. The van der Waals surface area contributed by atoms with Crippen LogP contribution < -0.4 is 14.8 Å². The van der Waals surface area contributed by atoms with E-state index >= 15 is 0 Å². The number of thioether (sulfide) groups is 1. The van der Waals surface area contributed by atoms with Crippen LogP contribution in [0, 0.1) is 0 Å². The second kappa shape index (κ2) is 10.6. The Kier molecular flexibility index (Phi) is 7.85. The summed E-state index contributed by atoms with van der Waals surface area (Å²) in [7, 11) is 2.99. The summed E-state index contributed by atoms with van der Waals surface area (Å²) in [6, 6.07) is 17.2. The third kappa shape index (κ3) is 5.73. The van der Waals surface area contributed by atoms with E-state index in [1.807, 2.05) is 6.07 Å². The maximum atomic E-state index is 12.8. The summed E-state index contributed by atoms with van der Waals surface area (Å²) in [5, 5.41) is 3.60. The maximum absolute atomic E-state index is 12.8. The van der Waals surface area contributed by atoms with E-state index in [4.69, 9.17) is 32.7 Å². The van der Waals surface area contributed by atoms with Gasteiger partial charge < -0.3 is 14.8 Å². The van der Waals surface area contributed by atoms with E-state index < -0.39 is 0 Å². The van der Waals surface area contributed by atoms with Gasteiger partial charge in [0.05, 0.1) is 30.0 Å². The van der Waals surface area contributed by atoms with E-state index in [1.54, 1.807) is 54.6 Å². The highest BCUT2D eigenvalue weighted by Gasteiger charge is 2.18. The Morgan fingerprint density at radius 2 is 1.58 bits per heavy atom. The number of rotatable bonds is 8. The van der Waals surface area contributed by atoms with E-state index in [0.29, 0.717) is 38.4 Å². The molecule has 5 nitrogen and oxygen atoms in total. The molecule has 0 spiro atoms. The molecule has 0 atom stereocenters. The number of hydrogen-bond donors (Lipinski definition) is 1. The number of benzene rings is 3. The number of hydrogen-bond acceptors (Lipinski definition) is 5. The first-order chi connectivity index (χ1) is 14.9. The minimum Gasteiger partial charge on any atom is -0.496 e. The van der Waals surface area contributed by atoms with E-state index in [2.05, 4.69) is 5.32 Å². The Morgan fingerprint density at radius 1 is 0.903 bits per heavy atom. The lowest BCUT2D eigenvalue weighted by atomic mass is 10.1. The van der Waals surface area contributed by atoms with Crippen LogP contribution in [0.25, 0.3) is 0 Å². The van der Waals surface area contributed by atoms with Crippen molar-refractivity contribution in [3.05, 3.63) is 81.8 Å². The molecule has 0 saturated carbocycles. The fraction of sp³-hybridized carbons (Fsp3) is 0.130. The molecule has 0 heterocycles. The minimum absolute atomic E-state index is 0.0724. The highest BCUT2D eigenvalue weighted by Crippen LogP contribution is 2.30. The average molecular weight is 476 g/mol. The molecular formula is C23H19Cl2NO4S. The number of amides is 1. The zero-order valence-corrected chi connectivity index (χ0v) is 19.1. The normalized spacial score (nSPS) is 10.5. The van der Waals surface area contributed by atoms with Gasteiger partial charge in [0.2, 0.25) is 0 Å². The predicted molar refractivity (Wildman–Crippen MR) is 125 cm³/mol. The topological polar surface area (TPSA) is 64.6 Å². The van der Waals surface area contributed by atoms with Gasteiger partial charge in [-0.1, -0.05) is 35.3 Å². The van der Waals surface area contributed by atoms with Gasteiger partial charge in [0.25, 0.3) is 5.91 Å². The lowest BCUT2D eigenvalue weighted by Gasteiger charge is -2.13. The Bertz CT molecular complexity index is 1100. The molecule has 0 aliphatic carbocycles.